The summed E-state index contributed by atoms with van der Waals surface area (Å²) in [6.07, 6.45) is -4.50. The Bertz CT molecular complexity index is 918. The van der Waals surface area contributed by atoms with Gasteiger partial charge in [-0.1, -0.05) is 22.0 Å². The number of nitrogens with one attached hydrogen (secondary N) is 2. The summed E-state index contributed by atoms with van der Waals surface area (Å²) < 4.78 is 45.6. The average molecular weight is 488 g/mol. The van der Waals surface area contributed by atoms with Gasteiger partial charge in [0.1, 0.15) is 0 Å². The lowest BCUT2D eigenvalue weighted by atomic mass is 10.1. The molecule has 1 aliphatic heterocycles. The molecule has 1 fully saturated rings. The van der Waals surface area contributed by atoms with Gasteiger partial charge in [-0.25, -0.2) is 0 Å². The fraction of sp³-hybridized carbons (Fsp3) is 0.263. The molecule has 2 aromatic carbocycles. The van der Waals surface area contributed by atoms with Crippen LogP contribution in [0.3, 0.4) is 0 Å². The van der Waals surface area contributed by atoms with Crippen molar-refractivity contribution in [2.24, 2.45) is 0 Å². The first kappa shape index (κ1) is 21.5. The van der Waals surface area contributed by atoms with E-state index in [0.29, 0.717) is 37.6 Å². The molecule has 0 radical (unpaired) electrons. The second-order valence-corrected chi connectivity index (χ2v) is 7.57. The smallest absolute Gasteiger partial charge is 0.378 e. The van der Waals surface area contributed by atoms with E-state index in [1.165, 1.54) is 6.07 Å². The number of amides is 1. The van der Waals surface area contributed by atoms with Crippen LogP contribution in [0.5, 0.6) is 0 Å². The third kappa shape index (κ3) is 5.68. The third-order valence-corrected chi connectivity index (χ3v) is 4.94. The fourth-order valence-electron chi connectivity index (χ4n) is 2.85. The molecule has 0 unspecified atom stereocenters. The molecule has 0 atom stereocenters. The number of halogens is 4. The number of thiocarbonyl (C=S) groups is 1. The number of benzene rings is 2. The molecule has 154 valence electrons. The van der Waals surface area contributed by atoms with Gasteiger partial charge < -0.3 is 15.0 Å². The number of alkyl halides is 3. The lowest BCUT2D eigenvalue weighted by molar-refractivity contribution is -0.137. The number of hydrogen-bond donors (Lipinski definition) is 2. The van der Waals surface area contributed by atoms with Crippen molar-refractivity contribution < 1.29 is 22.7 Å². The zero-order valence-corrected chi connectivity index (χ0v) is 17.5. The molecular formula is C19H17BrF3N3O2S. The van der Waals surface area contributed by atoms with E-state index >= 15 is 0 Å². The van der Waals surface area contributed by atoms with Gasteiger partial charge >= 0.3 is 6.18 Å². The number of morpholine rings is 1. The summed E-state index contributed by atoms with van der Waals surface area (Å²) in [4.78, 5) is 14.3. The van der Waals surface area contributed by atoms with E-state index < -0.39 is 17.6 Å². The molecular weight excluding hydrogens is 471 g/mol. The molecule has 1 saturated heterocycles. The minimum absolute atomic E-state index is 0.0937. The summed E-state index contributed by atoms with van der Waals surface area (Å²) in [6.45, 7) is 2.03. The van der Waals surface area contributed by atoms with Gasteiger partial charge in [0.25, 0.3) is 5.91 Å². The Kier molecular flexibility index (Phi) is 6.76. The molecule has 0 bridgehead atoms. The number of nitrogens with zero attached hydrogens (tertiary/aromatic N) is 1. The lowest BCUT2D eigenvalue weighted by Crippen LogP contribution is -2.38. The summed E-state index contributed by atoms with van der Waals surface area (Å²) >= 11 is 8.44. The standard InChI is InChI=1S/C19H17BrF3N3O2S/c20-14-3-1-2-12(10-14)17(27)25-18(29)24-15-11-13(19(21,22)23)4-5-16(15)26-6-8-28-9-7-26/h1-5,10-11H,6-9H2,(H2,24,25,27,29). The number of rotatable bonds is 3. The quantitative estimate of drug-likeness (QED) is 0.627. The summed E-state index contributed by atoms with van der Waals surface area (Å²) in [6, 6.07) is 10.1. The zero-order valence-electron chi connectivity index (χ0n) is 15.1. The van der Waals surface area contributed by atoms with Crippen LogP contribution in [-0.4, -0.2) is 37.3 Å². The molecule has 2 N–H and O–H groups in total. The van der Waals surface area contributed by atoms with Crippen molar-refractivity contribution >= 4 is 50.5 Å². The Morgan fingerprint density at radius 1 is 1.14 bits per heavy atom. The molecule has 1 heterocycles. The van der Waals surface area contributed by atoms with Crippen molar-refractivity contribution in [1.82, 2.24) is 5.32 Å². The number of anilines is 2. The van der Waals surface area contributed by atoms with Crippen molar-refractivity contribution in [2.45, 2.75) is 6.18 Å². The zero-order chi connectivity index (χ0) is 21.0. The Labute approximate surface area is 179 Å². The van der Waals surface area contributed by atoms with Crippen LogP contribution in [0.25, 0.3) is 0 Å². The summed E-state index contributed by atoms with van der Waals surface area (Å²) in [5.74, 6) is -0.469. The van der Waals surface area contributed by atoms with Crippen LogP contribution in [0.2, 0.25) is 0 Å². The molecule has 1 amide bonds. The lowest BCUT2D eigenvalue weighted by Gasteiger charge is -2.31. The molecule has 2 aromatic rings. The van der Waals surface area contributed by atoms with Gasteiger partial charge in [-0.2, -0.15) is 13.2 Å². The number of hydrogen-bond acceptors (Lipinski definition) is 4. The van der Waals surface area contributed by atoms with Crippen LogP contribution in [0.1, 0.15) is 15.9 Å². The van der Waals surface area contributed by atoms with E-state index in [4.69, 9.17) is 17.0 Å². The van der Waals surface area contributed by atoms with Gasteiger partial charge in [0.2, 0.25) is 0 Å². The molecule has 0 aliphatic carbocycles. The summed E-state index contributed by atoms with van der Waals surface area (Å²) in [5, 5.41) is 5.14. The SMILES string of the molecule is O=C(NC(=S)Nc1cc(C(F)(F)F)ccc1N1CCOCC1)c1cccc(Br)c1. The Balaban J connectivity index is 1.81. The van der Waals surface area contributed by atoms with Gasteiger partial charge in [-0.3, -0.25) is 10.1 Å². The van der Waals surface area contributed by atoms with Crippen molar-refractivity contribution in [3.8, 4) is 0 Å². The van der Waals surface area contributed by atoms with Gasteiger partial charge in [0.15, 0.2) is 5.11 Å². The second-order valence-electron chi connectivity index (χ2n) is 6.25. The highest BCUT2D eigenvalue weighted by atomic mass is 79.9. The molecule has 1 aliphatic rings. The molecule has 0 spiro atoms. The van der Waals surface area contributed by atoms with Gasteiger partial charge in [0, 0.05) is 23.1 Å². The molecule has 3 rings (SSSR count). The highest BCUT2D eigenvalue weighted by Crippen LogP contribution is 2.35. The molecule has 5 nitrogen and oxygen atoms in total. The number of carbonyl (C=O) groups is 1. The first-order valence-corrected chi connectivity index (χ1v) is 9.86. The van der Waals surface area contributed by atoms with Crippen LogP contribution in [0.15, 0.2) is 46.9 Å². The third-order valence-electron chi connectivity index (χ3n) is 4.24. The van der Waals surface area contributed by atoms with Crippen LogP contribution in [0.4, 0.5) is 24.5 Å². The van der Waals surface area contributed by atoms with Crippen LogP contribution >= 0.6 is 28.1 Å². The Morgan fingerprint density at radius 2 is 1.86 bits per heavy atom. The van der Waals surface area contributed by atoms with Crippen molar-refractivity contribution in [1.29, 1.82) is 0 Å². The Hall–Kier alpha value is -2.17. The van der Waals surface area contributed by atoms with Crippen LogP contribution in [-0.2, 0) is 10.9 Å². The number of ether oxygens (including phenoxy) is 1. The maximum Gasteiger partial charge on any atom is 0.416 e. The van der Waals surface area contributed by atoms with E-state index in [2.05, 4.69) is 26.6 Å². The number of carbonyl (C=O) groups excluding carboxylic acids is 1. The fourth-order valence-corrected chi connectivity index (χ4v) is 3.45. The van der Waals surface area contributed by atoms with Crippen molar-refractivity contribution in [2.75, 3.05) is 36.5 Å². The molecule has 29 heavy (non-hydrogen) atoms. The molecule has 0 saturated carbocycles. The normalized spacial score (nSPS) is 14.4. The summed E-state index contributed by atoms with van der Waals surface area (Å²) in [5.41, 5.74) is 0.278. The maximum atomic E-state index is 13.2. The van der Waals surface area contributed by atoms with E-state index in [-0.39, 0.29) is 10.8 Å². The van der Waals surface area contributed by atoms with Gasteiger partial charge in [0.05, 0.1) is 30.2 Å². The topological polar surface area (TPSA) is 53.6 Å². The first-order chi connectivity index (χ1) is 13.7. The minimum Gasteiger partial charge on any atom is -0.378 e. The first-order valence-electron chi connectivity index (χ1n) is 8.66. The van der Waals surface area contributed by atoms with Gasteiger partial charge in [-0.15, -0.1) is 0 Å². The molecule has 10 heteroatoms. The maximum absolute atomic E-state index is 13.2. The minimum atomic E-state index is -4.50. The largest absolute Gasteiger partial charge is 0.416 e. The second kappa shape index (κ2) is 9.10. The highest BCUT2D eigenvalue weighted by Gasteiger charge is 2.31. The monoisotopic (exact) mass is 487 g/mol. The molecule has 0 aromatic heterocycles. The highest BCUT2D eigenvalue weighted by molar-refractivity contribution is 9.10. The van der Waals surface area contributed by atoms with Crippen LogP contribution < -0.4 is 15.5 Å². The van der Waals surface area contributed by atoms with E-state index in [1.807, 2.05) is 4.90 Å². The van der Waals surface area contributed by atoms with E-state index in [0.717, 1.165) is 16.6 Å². The average Bonchev–Trinajstić information content (AvgIpc) is 2.68. The van der Waals surface area contributed by atoms with Crippen LogP contribution in [0, 0.1) is 0 Å². The summed E-state index contributed by atoms with van der Waals surface area (Å²) in [7, 11) is 0. The van der Waals surface area contributed by atoms with Crippen molar-refractivity contribution in [3.05, 3.63) is 58.1 Å². The predicted octanol–water partition coefficient (Wildman–Crippen LogP) is 4.43. The van der Waals surface area contributed by atoms with E-state index in [9.17, 15) is 18.0 Å². The predicted molar refractivity (Wildman–Crippen MR) is 112 cm³/mol. The van der Waals surface area contributed by atoms with E-state index in [1.54, 1.807) is 24.3 Å². The van der Waals surface area contributed by atoms with Crippen molar-refractivity contribution in [3.63, 3.8) is 0 Å². The van der Waals surface area contributed by atoms with Gasteiger partial charge in [-0.05, 0) is 48.6 Å². The Morgan fingerprint density at radius 3 is 2.52 bits per heavy atom.